The summed E-state index contributed by atoms with van der Waals surface area (Å²) in [5, 5.41) is 0. The average molecular weight is 269 g/mol. The molecule has 0 amide bonds. The lowest BCUT2D eigenvalue weighted by atomic mass is 10.0. The second-order valence-corrected chi connectivity index (χ2v) is 5.28. The number of ether oxygens (including phenoxy) is 1. The molecule has 1 saturated heterocycles. The van der Waals surface area contributed by atoms with E-state index in [0.29, 0.717) is 0 Å². The molecular weight excluding hydrogens is 256 g/mol. The molecule has 80 valence electrons. The van der Waals surface area contributed by atoms with Crippen molar-refractivity contribution >= 4 is 21.7 Å². The van der Waals surface area contributed by atoms with E-state index in [1.54, 1.807) is 0 Å². The minimum absolute atomic E-state index is 0.0793. The number of carbonyl (C=O) groups is 1. The number of Topliss-reactive ketones (excluding diaryl/α,β-unsaturated/α-hetero) is 1. The second-order valence-electron chi connectivity index (χ2n) is 4.43. The van der Waals surface area contributed by atoms with Gasteiger partial charge in [-0.1, -0.05) is 22.0 Å². The van der Waals surface area contributed by atoms with Crippen LogP contribution in [-0.2, 0) is 4.74 Å². The van der Waals surface area contributed by atoms with Crippen LogP contribution in [0.25, 0.3) is 0 Å². The van der Waals surface area contributed by atoms with Gasteiger partial charge in [-0.3, -0.25) is 4.79 Å². The Balaban J connectivity index is 2.24. The summed E-state index contributed by atoms with van der Waals surface area (Å²) < 4.78 is 6.35. The second kappa shape index (κ2) is 3.42. The molecule has 1 aliphatic rings. The highest BCUT2D eigenvalue weighted by atomic mass is 79.9. The van der Waals surface area contributed by atoms with Gasteiger partial charge >= 0.3 is 0 Å². The molecule has 1 fully saturated rings. The monoisotopic (exact) mass is 268 g/mol. The average Bonchev–Trinajstić information content (AvgIpc) is 2.79. The van der Waals surface area contributed by atoms with Gasteiger partial charge in [0.2, 0.25) is 0 Å². The highest BCUT2D eigenvalue weighted by molar-refractivity contribution is 9.10. The maximum Gasteiger partial charge on any atom is 0.194 e. The largest absolute Gasteiger partial charge is 0.358 e. The van der Waals surface area contributed by atoms with Crippen LogP contribution in [0.3, 0.4) is 0 Å². The lowest BCUT2D eigenvalue weighted by Gasteiger charge is -2.02. The van der Waals surface area contributed by atoms with Gasteiger partial charge in [-0.05, 0) is 38.5 Å². The van der Waals surface area contributed by atoms with Gasteiger partial charge in [-0.25, -0.2) is 0 Å². The summed E-state index contributed by atoms with van der Waals surface area (Å²) in [5.41, 5.74) is 1.52. The summed E-state index contributed by atoms with van der Waals surface area (Å²) in [6, 6.07) is 5.62. The first kappa shape index (κ1) is 10.8. The number of rotatable bonds is 2. The molecule has 1 unspecified atom stereocenters. The number of ketones is 1. The van der Waals surface area contributed by atoms with Crippen molar-refractivity contribution in [2.75, 3.05) is 0 Å². The summed E-state index contributed by atoms with van der Waals surface area (Å²) in [7, 11) is 0. The molecule has 1 heterocycles. The van der Waals surface area contributed by atoms with Crippen molar-refractivity contribution in [3.8, 4) is 0 Å². The van der Waals surface area contributed by atoms with Crippen molar-refractivity contribution in [2.24, 2.45) is 0 Å². The third kappa shape index (κ3) is 1.99. The van der Waals surface area contributed by atoms with E-state index in [-0.39, 0.29) is 17.5 Å². The third-order valence-electron chi connectivity index (χ3n) is 2.68. The fourth-order valence-corrected chi connectivity index (χ4v) is 1.83. The first-order valence-electron chi connectivity index (χ1n) is 4.90. The highest BCUT2D eigenvalue weighted by Gasteiger charge is 2.52. The van der Waals surface area contributed by atoms with Crippen LogP contribution in [0.5, 0.6) is 0 Å². The number of aryl methyl sites for hydroxylation is 1. The van der Waals surface area contributed by atoms with Gasteiger partial charge in [0.1, 0.15) is 6.10 Å². The molecule has 2 rings (SSSR count). The van der Waals surface area contributed by atoms with Gasteiger partial charge in [0.05, 0.1) is 5.60 Å². The normalized spacial score (nSPS) is 22.5. The Morgan fingerprint density at radius 2 is 2.07 bits per heavy atom. The van der Waals surface area contributed by atoms with Crippen molar-refractivity contribution in [3.63, 3.8) is 0 Å². The standard InChI is InChI=1S/C12H13BrO2/c1-7-6-8(4-5-9(7)13)10(14)11-12(2,3)15-11/h4-6,11H,1-3H3. The lowest BCUT2D eigenvalue weighted by Crippen LogP contribution is -2.14. The van der Waals surface area contributed by atoms with Crippen LogP contribution in [0.2, 0.25) is 0 Å². The molecule has 1 aliphatic heterocycles. The van der Waals surface area contributed by atoms with Gasteiger partial charge in [0.25, 0.3) is 0 Å². The fourth-order valence-electron chi connectivity index (χ4n) is 1.59. The number of hydrogen-bond donors (Lipinski definition) is 0. The predicted octanol–water partition coefficient (Wildman–Crippen LogP) is 3.12. The van der Waals surface area contributed by atoms with Crippen LogP contribution in [0.4, 0.5) is 0 Å². The van der Waals surface area contributed by atoms with E-state index in [0.717, 1.165) is 15.6 Å². The van der Waals surface area contributed by atoms with E-state index in [2.05, 4.69) is 15.9 Å². The molecule has 0 saturated carbocycles. The SMILES string of the molecule is Cc1cc(C(=O)C2OC2(C)C)ccc1Br. The summed E-state index contributed by atoms with van der Waals surface area (Å²) in [5.74, 6) is 0.0793. The molecule has 0 radical (unpaired) electrons. The smallest absolute Gasteiger partial charge is 0.194 e. The van der Waals surface area contributed by atoms with Crippen LogP contribution in [0.1, 0.15) is 29.8 Å². The fraction of sp³-hybridized carbons (Fsp3) is 0.417. The van der Waals surface area contributed by atoms with Crippen molar-refractivity contribution in [3.05, 3.63) is 33.8 Å². The third-order valence-corrected chi connectivity index (χ3v) is 3.57. The van der Waals surface area contributed by atoms with E-state index in [1.165, 1.54) is 0 Å². The number of carbonyl (C=O) groups excluding carboxylic acids is 1. The molecule has 1 aromatic carbocycles. The van der Waals surface area contributed by atoms with E-state index in [4.69, 9.17) is 4.74 Å². The number of halogens is 1. The zero-order valence-corrected chi connectivity index (χ0v) is 10.6. The maximum atomic E-state index is 11.9. The summed E-state index contributed by atoms with van der Waals surface area (Å²) >= 11 is 3.41. The van der Waals surface area contributed by atoms with Gasteiger partial charge in [0, 0.05) is 10.0 Å². The Morgan fingerprint density at radius 3 is 2.53 bits per heavy atom. The summed E-state index contributed by atoms with van der Waals surface area (Å²) in [4.78, 5) is 11.9. The molecule has 3 heteroatoms. The minimum atomic E-state index is -0.280. The van der Waals surface area contributed by atoms with Gasteiger partial charge in [-0.15, -0.1) is 0 Å². The van der Waals surface area contributed by atoms with Gasteiger partial charge in [0.15, 0.2) is 5.78 Å². The van der Waals surface area contributed by atoms with Crippen LogP contribution in [0, 0.1) is 6.92 Å². The zero-order valence-electron chi connectivity index (χ0n) is 9.00. The predicted molar refractivity (Wildman–Crippen MR) is 62.2 cm³/mol. The van der Waals surface area contributed by atoms with Crippen LogP contribution >= 0.6 is 15.9 Å². The molecule has 0 aliphatic carbocycles. The molecule has 1 atom stereocenters. The van der Waals surface area contributed by atoms with E-state index >= 15 is 0 Å². The van der Waals surface area contributed by atoms with Crippen LogP contribution in [-0.4, -0.2) is 17.5 Å². The van der Waals surface area contributed by atoms with Crippen molar-refractivity contribution < 1.29 is 9.53 Å². The van der Waals surface area contributed by atoms with E-state index in [9.17, 15) is 4.79 Å². The van der Waals surface area contributed by atoms with Gasteiger partial charge in [-0.2, -0.15) is 0 Å². The number of hydrogen-bond acceptors (Lipinski definition) is 2. The summed E-state index contributed by atoms with van der Waals surface area (Å²) in [6.07, 6.45) is -0.266. The van der Waals surface area contributed by atoms with Gasteiger partial charge < -0.3 is 4.74 Å². The summed E-state index contributed by atoms with van der Waals surface area (Å²) in [6.45, 7) is 5.84. The minimum Gasteiger partial charge on any atom is -0.358 e. The maximum absolute atomic E-state index is 11.9. The Morgan fingerprint density at radius 1 is 1.47 bits per heavy atom. The molecule has 0 aromatic heterocycles. The molecule has 1 aromatic rings. The Hall–Kier alpha value is -0.670. The quantitative estimate of drug-likeness (QED) is 0.609. The number of epoxide rings is 1. The molecule has 15 heavy (non-hydrogen) atoms. The molecule has 0 N–H and O–H groups in total. The zero-order chi connectivity index (χ0) is 11.2. The van der Waals surface area contributed by atoms with Crippen LogP contribution < -0.4 is 0 Å². The molecule has 0 bridgehead atoms. The number of benzene rings is 1. The Kier molecular flexibility index (Phi) is 2.47. The van der Waals surface area contributed by atoms with Crippen molar-refractivity contribution in [1.82, 2.24) is 0 Å². The van der Waals surface area contributed by atoms with Crippen molar-refractivity contribution in [1.29, 1.82) is 0 Å². The molecular formula is C12H13BrO2. The Bertz CT molecular complexity index is 424. The Labute approximate surface area is 97.8 Å². The topological polar surface area (TPSA) is 29.6 Å². The first-order chi connectivity index (χ1) is 6.92. The lowest BCUT2D eigenvalue weighted by molar-refractivity contribution is 0.0953. The molecule has 0 spiro atoms. The molecule has 2 nitrogen and oxygen atoms in total. The van der Waals surface area contributed by atoms with E-state index in [1.807, 2.05) is 39.0 Å². The van der Waals surface area contributed by atoms with Crippen molar-refractivity contribution in [2.45, 2.75) is 32.5 Å². The first-order valence-corrected chi connectivity index (χ1v) is 5.69. The van der Waals surface area contributed by atoms with E-state index < -0.39 is 0 Å². The van der Waals surface area contributed by atoms with Crippen LogP contribution in [0.15, 0.2) is 22.7 Å². The highest BCUT2D eigenvalue weighted by Crippen LogP contribution is 2.37.